The molecule has 0 aliphatic rings. The van der Waals surface area contributed by atoms with Crippen LogP contribution in [0.3, 0.4) is 0 Å². The van der Waals surface area contributed by atoms with Crippen LogP contribution in [0.1, 0.15) is 5.56 Å². The molecule has 0 atom stereocenters. The molecule has 5 heteroatoms. The van der Waals surface area contributed by atoms with Gasteiger partial charge >= 0.3 is 0 Å². The lowest BCUT2D eigenvalue weighted by Gasteiger charge is -2.17. The van der Waals surface area contributed by atoms with Gasteiger partial charge in [-0.2, -0.15) is 0 Å². The maximum absolute atomic E-state index is 13.5. The van der Waals surface area contributed by atoms with Gasteiger partial charge in [-0.05, 0) is 18.2 Å². The Morgan fingerprint density at radius 3 is 2.68 bits per heavy atom. The minimum absolute atomic E-state index is 0.276. The van der Waals surface area contributed by atoms with Gasteiger partial charge in [0.15, 0.2) is 5.82 Å². The fourth-order valence-corrected chi connectivity index (χ4v) is 1.75. The molecule has 2 rings (SSSR count). The Kier molecular flexibility index (Phi) is 3.94. The van der Waals surface area contributed by atoms with Crippen molar-refractivity contribution in [3.05, 3.63) is 53.7 Å². The van der Waals surface area contributed by atoms with E-state index in [0.717, 1.165) is 17.6 Å². The van der Waals surface area contributed by atoms with E-state index in [-0.39, 0.29) is 6.54 Å². The lowest BCUT2D eigenvalue weighted by atomic mass is 10.2. The number of benzene rings is 1. The molecule has 0 unspecified atom stereocenters. The molecule has 19 heavy (non-hydrogen) atoms. The van der Waals surface area contributed by atoms with Gasteiger partial charge in [0.25, 0.3) is 0 Å². The van der Waals surface area contributed by atoms with E-state index in [0.29, 0.717) is 5.56 Å². The third kappa shape index (κ3) is 3.19. The van der Waals surface area contributed by atoms with Gasteiger partial charge in [0.2, 0.25) is 0 Å². The van der Waals surface area contributed by atoms with Crippen molar-refractivity contribution in [3.63, 3.8) is 0 Å². The Hall–Kier alpha value is -2.17. The zero-order valence-corrected chi connectivity index (χ0v) is 10.8. The number of pyridine rings is 1. The SMILES string of the molecule is CN(C)c1ncccc1NCc1ccc(F)cc1F. The lowest BCUT2D eigenvalue weighted by Crippen LogP contribution is -2.14. The molecule has 0 saturated carbocycles. The van der Waals surface area contributed by atoms with Gasteiger partial charge in [-0.1, -0.05) is 6.07 Å². The lowest BCUT2D eigenvalue weighted by molar-refractivity contribution is 0.574. The van der Waals surface area contributed by atoms with Gasteiger partial charge in [0, 0.05) is 38.5 Å². The van der Waals surface area contributed by atoms with Crippen molar-refractivity contribution in [2.24, 2.45) is 0 Å². The van der Waals surface area contributed by atoms with Crippen LogP contribution < -0.4 is 10.2 Å². The molecule has 1 heterocycles. The molecule has 0 radical (unpaired) electrons. The second-order valence-electron chi connectivity index (χ2n) is 4.36. The molecule has 0 spiro atoms. The van der Waals surface area contributed by atoms with Crippen molar-refractivity contribution in [3.8, 4) is 0 Å². The second-order valence-corrected chi connectivity index (χ2v) is 4.36. The number of hydrogen-bond donors (Lipinski definition) is 1. The van der Waals surface area contributed by atoms with Crippen LogP contribution in [0.5, 0.6) is 0 Å². The van der Waals surface area contributed by atoms with Crippen molar-refractivity contribution in [1.29, 1.82) is 0 Å². The van der Waals surface area contributed by atoms with E-state index < -0.39 is 11.6 Å². The Balaban J connectivity index is 2.14. The highest BCUT2D eigenvalue weighted by Crippen LogP contribution is 2.21. The first-order valence-electron chi connectivity index (χ1n) is 5.88. The van der Waals surface area contributed by atoms with Crippen molar-refractivity contribution >= 4 is 11.5 Å². The van der Waals surface area contributed by atoms with E-state index in [1.165, 1.54) is 12.1 Å². The summed E-state index contributed by atoms with van der Waals surface area (Å²) >= 11 is 0. The molecule has 0 amide bonds. The van der Waals surface area contributed by atoms with Gasteiger partial charge in [0.1, 0.15) is 11.6 Å². The first-order valence-corrected chi connectivity index (χ1v) is 5.88. The van der Waals surface area contributed by atoms with E-state index in [2.05, 4.69) is 10.3 Å². The predicted octanol–water partition coefficient (Wildman–Crippen LogP) is 3.04. The summed E-state index contributed by atoms with van der Waals surface area (Å²) in [5, 5.41) is 3.10. The highest BCUT2D eigenvalue weighted by atomic mass is 19.1. The number of rotatable bonds is 4. The van der Waals surface area contributed by atoms with Crippen molar-refractivity contribution < 1.29 is 8.78 Å². The summed E-state index contributed by atoms with van der Waals surface area (Å²) in [6, 6.07) is 7.23. The standard InChI is InChI=1S/C14H15F2N3/c1-19(2)14-13(4-3-7-17-14)18-9-10-5-6-11(15)8-12(10)16/h3-8,18H,9H2,1-2H3. The molecule has 0 saturated heterocycles. The normalized spacial score (nSPS) is 10.3. The quantitative estimate of drug-likeness (QED) is 0.919. The van der Waals surface area contributed by atoms with Crippen LogP contribution >= 0.6 is 0 Å². The minimum atomic E-state index is -0.573. The molecule has 1 aromatic carbocycles. The molecule has 2 aromatic rings. The monoisotopic (exact) mass is 263 g/mol. The van der Waals surface area contributed by atoms with Crippen LogP contribution in [0.2, 0.25) is 0 Å². The average Bonchev–Trinajstić information content (AvgIpc) is 2.38. The third-order valence-corrected chi connectivity index (χ3v) is 2.69. The summed E-state index contributed by atoms with van der Waals surface area (Å²) in [6.07, 6.45) is 1.69. The topological polar surface area (TPSA) is 28.2 Å². The summed E-state index contributed by atoms with van der Waals surface area (Å²) in [7, 11) is 3.76. The van der Waals surface area contributed by atoms with Crippen molar-refractivity contribution in [2.75, 3.05) is 24.3 Å². The molecule has 0 aliphatic heterocycles. The minimum Gasteiger partial charge on any atom is -0.378 e. The Morgan fingerprint density at radius 2 is 2.00 bits per heavy atom. The van der Waals surface area contributed by atoms with Crippen LogP contribution in [-0.2, 0) is 6.54 Å². The fraction of sp³-hybridized carbons (Fsp3) is 0.214. The first-order chi connectivity index (χ1) is 9.08. The van der Waals surface area contributed by atoms with E-state index in [4.69, 9.17) is 0 Å². The third-order valence-electron chi connectivity index (χ3n) is 2.69. The molecular weight excluding hydrogens is 248 g/mol. The van der Waals surface area contributed by atoms with Crippen molar-refractivity contribution in [2.45, 2.75) is 6.54 Å². The first kappa shape index (κ1) is 13.3. The smallest absolute Gasteiger partial charge is 0.151 e. The van der Waals surface area contributed by atoms with Crippen LogP contribution in [-0.4, -0.2) is 19.1 Å². The zero-order valence-electron chi connectivity index (χ0n) is 10.8. The van der Waals surface area contributed by atoms with Gasteiger partial charge < -0.3 is 10.2 Å². The predicted molar refractivity (Wildman–Crippen MR) is 72.2 cm³/mol. The van der Waals surface area contributed by atoms with E-state index in [1.54, 1.807) is 12.3 Å². The molecule has 0 aliphatic carbocycles. The number of nitrogens with one attached hydrogen (secondary N) is 1. The van der Waals surface area contributed by atoms with E-state index >= 15 is 0 Å². The number of anilines is 2. The molecule has 0 fully saturated rings. The number of nitrogens with zero attached hydrogens (tertiary/aromatic N) is 2. The summed E-state index contributed by atoms with van der Waals surface area (Å²) in [5.74, 6) is -0.357. The van der Waals surface area contributed by atoms with E-state index in [9.17, 15) is 8.78 Å². The molecule has 100 valence electrons. The molecular formula is C14H15F2N3. The highest BCUT2D eigenvalue weighted by Gasteiger charge is 2.07. The summed E-state index contributed by atoms with van der Waals surface area (Å²) in [4.78, 5) is 6.10. The fourth-order valence-electron chi connectivity index (χ4n) is 1.75. The maximum atomic E-state index is 13.5. The second kappa shape index (κ2) is 5.65. The zero-order chi connectivity index (χ0) is 13.8. The van der Waals surface area contributed by atoms with Gasteiger partial charge in [-0.15, -0.1) is 0 Å². The van der Waals surface area contributed by atoms with Crippen molar-refractivity contribution in [1.82, 2.24) is 4.98 Å². The maximum Gasteiger partial charge on any atom is 0.151 e. The molecule has 3 nitrogen and oxygen atoms in total. The Labute approximate surface area is 110 Å². The van der Waals surface area contributed by atoms with Crippen LogP contribution in [0.15, 0.2) is 36.5 Å². The Bertz CT molecular complexity index is 570. The van der Waals surface area contributed by atoms with E-state index in [1.807, 2.05) is 25.1 Å². The van der Waals surface area contributed by atoms with Crippen LogP contribution in [0.25, 0.3) is 0 Å². The molecule has 1 N–H and O–H groups in total. The summed E-state index contributed by atoms with van der Waals surface area (Å²) in [5.41, 5.74) is 1.21. The van der Waals surface area contributed by atoms with Crippen LogP contribution in [0, 0.1) is 11.6 Å². The van der Waals surface area contributed by atoms with Gasteiger partial charge in [0.05, 0.1) is 5.69 Å². The Morgan fingerprint density at radius 1 is 1.21 bits per heavy atom. The number of aromatic nitrogens is 1. The van der Waals surface area contributed by atoms with Gasteiger partial charge in [-0.25, -0.2) is 13.8 Å². The summed E-state index contributed by atoms with van der Waals surface area (Å²) < 4.78 is 26.3. The summed E-state index contributed by atoms with van der Waals surface area (Å²) in [6.45, 7) is 0.276. The largest absolute Gasteiger partial charge is 0.378 e. The highest BCUT2D eigenvalue weighted by molar-refractivity contribution is 5.64. The van der Waals surface area contributed by atoms with Crippen LogP contribution in [0.4, 0.5) is 20.3 Å². The average molecular weight is 263 g/mol. The molecule has 0 bridgehead atoms. The number of halogens is 2. The number of hydrogen-bond acceptors (Lipinski definition) is 3. The van der Waals surface area contributed by atoms with Gasteiger partial charge in [-0.3, -0.25) is 0 Å². The molecule has 1 aromatic heterocycles.